The minimum absolute atomic E-state index is 0.211. The molecule has 1 atom stereocenters. The number of rotatable bonds is 5. The highest BCUT2D eigenvalue weighted by Crippen LogP contribution is 2.16. The number of nitrogens with zero attached hydrogens (tertiary/aromatic N) is 4. The highest BCUT2D eigenvalue weighted by Gasteiger charge is 2.29. The summed E-state index contributed by atoms with van der Waals surface area (Å²) in [4.78, 5) is 12.7. The van der Waals surface area contributed by atoms with Gasteiger partial charge < -0.3 is 0 Å². The van der Waals surface area contributed by atoms with Gasteiger partial charge in [0.15, 0.2) is 0 Å². The first-order valence-corrected chi connectivity index (χ1v) is 11.0. The molecule has 3 heterocycles. The molecule has 0 aliphatic carbocycles. The maximum absolute atomic E-state index is 13.0. The predicted molar refractivity (Wildman–Crippen MR) is 102 cm³/mol. The molecule has 4 rings (SSSR count). The van der Waals surface area contributed by atoms with Crippen molar-refractivity contribution < 1.29 is 12.8 Å². The van der Waals surface area contributed by atoms with E-state index in [-0.39, 0.29) is 24.1 Å². The van der Waals surface area contributed by atoms with E-state index in [1.54, 1.807) is 16.7 Å². The van der Waals surface area contributed by atoms with E-state index in [0.29, 0.717) is 44.7 Å². The second-order valence-corrected chi connectivity index (χ2v) is 9.09. The molecule has 0 radical (unpaired) electrons. The van der Waals surface area contributed by atoms with E-state index < -0.39 is 10.2 Å². The number of benzene rings is 1. The molecule has 1 unspecified atom stereocenters. The van der Waals surface area contributed by atoms with Gasteiger partial charge in [0.05, 0.1) is 6.54 Å². The molecule has 0 saturated carbocycles. The lowest BCUT2D eigenvalue weighted by atomic mass is 10.1. The molecule has 2 aliphatic heterocycles. The number of hydrogen-bond donors (Lipinski definition) is 1. The van der Waals surface area contributed by atoms with Crippen LogP contribution in [0.1, 0.15) is 37.1 Å². The molecular formula is C18H24FN5O3S. The zero-order chi connectivity index (χ0) is 19.7. The highest BCUT2D eigenvalue weighted by molar-refractivity contribution is 7.87. The molecule has 0 amide bonds. The summed E-state index contributed by atoms with van der Waals surface area (Å²) in [6.07, 6.45) is 3.46. The Balaban J connectivity index is 1.44. The minimum atomic E-state index is -3.47. The van der Waals surface area contributed by atoms with Crippen LogP contribution in [0.15, 0.2) is 29.1 Å². The van der Waals surface area contributed by atoms with E-state index in [1.807, 2.05) is 0 Å². The fourth-order valence-corrected chi connectivity index (χ4v) is 5.37. The standard InChI is InChI=1S/C18H24FN5O3S/c19-15-5-3-14(4-6-15)13-24-18(25)23-12-9-16(7-8-17(23)20-24)21-28(26,27)22-10-1-2-11-22/h3-6,16,21H,1-2,7-13H2. The van der Waals surface area contributed by atoms with Gasteiger partial charge in [-0.1, -0.05) is 12.1 Å². The highest BCUT2D eigenvalue weighted by atomic mass is 32.2. The third-order valence-electron chi connectivity index (χ3n) is 5.38. The Bertz CT molecular complexity index is 993. The minimum Gasteiger partial charge on any atom is -0.279 e. The normalized spacial score (nSPS) is 20.8. The molecule has 1 aromatic heterocycles. The van der Waals surface area contributed by atoms with Gasteiger partial charge in [-0.3, -0.25) is 4.57 Å². The second-order valence-electron chi connectivity index (χ2n) is 7.39. The largest absolute Gasteiger partial charge is 0.346 e. The van der Waals surface area contributed by atoms with Crippen molar-refractivity contribution >= 4 is 10.2 Å². The van der Waals surface area contributed by atoms with Crippen molar-refractivity contribution in [2.45, 2.75) is 51.2 Å². The van der Waals surface area contributed by atoms with Crippen LogP contribution in [0.3, 0.4) is 0 Å². The second kappa shape index (κ2) is 7.76. The number of hydrogen-bond acceptors (Lipinski definition) is 4. The molecule has 1 aromatic carbocycles. The van der Waals surface area contributed by atoms with Gasteiger partial charge >= 0.3 is 5.69 Å². The van der Waals surface area contributed by atoms with Gasteiger partial charge in [0.1, 0.15) is 11.6 Å². The number of nitrogens with one attached hydrogen (secondary N) is 1. The summed E-state index contributed by atoms with van der Waals surface area (Å²) in [7, 11) is -3.47. The topological polar surface area (TPSA) is 89.2 Å². The molecule has 1 fully saturated rings. The van der Waals surface area contributed by atoms with E-state index in [0.717, 1.165) is 18.4 Å². The van der Waals surface area contributed by atoms with Crippen LogP contribution in [0, 0.1) is 5.82 Å². The van der Waals surface area contributed by atoms with Gasteiger partial charge in [-0.25, -0.2) is 13.9 Å². The Hall–Kier alpha value is -2.04. The summed E-state index contributed by atoms with van der Waals surface area (Å²) in [5, 5.41) is 4.42. The van der Waals surface area contributed by atoms with Gasteiger partial charge in [0.2, 0.25) is 0 Å². The summed E-state index contributed by atoms with van der Waals surface area (Å²) in [5.41, 5.74) is 0.579. The average molecular weight is 409 g/mol. The number of fused-ring (bicyclic) bond motifs is 1. The summed E-state index contributed by atoms with van der Waals surface area (Å²) >= 11 is 0. The van der Waals surface area contributed by atoms with Crippen LogP contribution in [0.4, 0.5) is 4.39 Å². The van der Waals surface area contributed by atoms with Gasteiger partial charge in [-0.15, -0.1) is 0 Å². The molecular weight excluding hydrogens is 385 g/mol. The number of halogens is 1. The predicted octanol–water partition coefficient (Wildman–Crippen LogP) is 0.867. The maximum atomic E-state index is 13.0. The van der Waals surface area contributed by atoms with E-state index in [9.17, 15) is 17.6 Å². The molecule has 0 spiro atoms. The summed E-state index contributed by atoms with van der Waals surface area (Å²) in [5.74, 6) is 0.342. The van der Waals surface area contributed by atoms with Crippen molar-refractivity contribution in [3.8, 4) is 0 Å². The molecule has 28 heavy (non-hydrogen) atoms. The van der Waals surface area contributed by atoms with E-state index in [4.69, 9.17) is 0 Å². The fourth-order valence-electron chi connectivity index (χ4n) is 3.83. The number of aromatic nitrogens is 3. The van der Waals surface area contributed by atoms with Crippen molar-refractivity contribution in [3.63, 3.8) is 0 Å². The number of aryl methyl sites for hydroxylation is 1. The summed E-state index contributed by atoms with van der Waals surface area (Å²) in [6, 6.07) is 5.78. The molecule has 0 bridgehead atoms. The van der Waals surface area contributed by atoms with Gasteiger partial charge in [0.25, 0.3) is 10.2 Å². The molecule has 2 aromatic rings. The van der Waals surface area contributed by atoms with Crippen molar-refractivity contribution in [2.75, 3.05) is 13.1 Å². The first-order chi connectivity index (χ1) is 13.4. The SMILES string of the molecule is O=c1n(Cc2ccc(F)cc2)nc2n1CCC(NS(=O)(=O)N1CCCC1)CC2. The molecule has 1 saturated heterocycles. The van der Waals surface area contributed by atoms with E-state index in [1.165, 1.54) is 21.1 Å². The van der Waals surface area contributed by atoms with Crippen LogP contribution in [0.5, 0.6) is 0 Å². The Morgan fingerprint density at radius 2 is 1.82 bits per heavy atom. The Morgan fingerprint density at radius 1 is 1.11 bits per heavy atom. The molecule has 8 nitrogen and oxygen atoms in total. The van der Waals surface area contributed by atoms with Gasteiger partial charge in [0, 0.05) is 32.1 Å². The van der Waals surface area contributed by atoms with Crippen LogP contribution >= 0.6 is 0 Å². The molecule has 2 aliphatic rings. The zero-order valence-electron chi connectivity index (χ0n) is 15.6. The summed E-state index contributed by atoms with van der Waals surface area (Å²) < 4.78 is 45.3. The van der Waals surface area contributed by atoms with Gasteiger partial charge in [-0.05, 0) is 43.4 Å². The third-order valence-corrected chi connectivity index (χ3v) is 7.06. The smallest absolute Gasteiger partial charge is 0.279 e. The Kier molecular flexibility index (Phi) is 5.35. The lowest BCUT2D eigenvalue weighted by Crippen LogP contribution is -2.44. The molecule has 10 heteroatoms. The van der Waals surface area contributed by atoms with Crippen molar-refractivity contribution in [2.24, 2.45) is 0 Å². The lowest BCUT2D eigenvalue weighted by Gasteiger charge is -2.21. The van der Waals surface area contributed by atoms with Crippen LogP contribution in [0.25, 0.3) is 0 Å². The van der Waals surface area contributed by atoms with E-state index in [2.05, 4.69) is 9.82 Å². The quantitative estimate of drug-likeness (QED) is 0.794. The van der Waals surface area contributed by atoms with Crippen molar-refractivity contribution in [1.82, 2.24) is 23.4 Å². The van der Waals surface area contributed by atoms with Crippen LogP contribution in [0.2, 0.25) is 0 Å². The maximum Gasteiger partial charge on any atom is 0.346 e. The lowest BCUT2D eigenvalue weighted by molar-refractivity contribution is 0.434. The van der Waals surface area contributed by atoms with E-state index >= 15 is 0 Å². The monoisotopic (exact) mass is 409 g/mol. The zero-order valence-corrected chi connectivity index (χ0v) is 16.4. The third kappa shape index (κ3) is 4.03. The van der Waals surface area contributed by atoms with Crippen molar-refractivity contribution in [1.29, 1.82) is 0 Å². The average Bonchev–Trinajstić information content (AvgIpc) is 3.25. The first kappa shape index (κ1) is 19.3. The fraction of sp³-hybridized carbons (Fsp3) is 0.556. The van der Waals surface area contributed by atoms with Crippen LogP contribution < -0.4 is 10.4 Å². The summed E-state index contributed by atoms with van der Waals surface area (Å²) in [6.45, 7) is 1.84. The van der Waals surface area contributed by atoms with Crippen molar-refractivity contribution in [3.05, 3.63) is 52.0 Å². The molecule has 152 valence electrons. The van der Waals surface area contributed by atoms with Crippen LogP contribution in [-0.4, -0.2) is 46.2 Å². The molecule has 1 N–H and O–H groups in total. The Labute approximate surface area is 163 Å². The Morgan fingerprint density at radius 3 is 2.54 bits per heavy atom. The first-order valence-electron chi connectivity index (χ1n) is 9.61. The van der Waals surface area contributed by atoms with Crippen LogP contribution in [-0.2, 0) is 29.7 Å². The van der Waals surface area contributed by atoms with Gasteiger partial charge in [-0.2, -0.15) is 22.5 Å².